The summed E-state index contributed by atoms with van der Waals surface area (Å²) in [6, 6.07) is 7.56. The van der Waals surface area contributed by atoms with Crippen molar-refractivity contribution in [1.29, 1.82) is 0 Å². The van der Waals surface area contributed by atoms with Crippen molar-refractivity contribution < 1.29 is 17.9 Å². The van der Waals surface area contributed by atoms with Crippen LogP contribution in [-0.2, 0) is 28.4 Å². The van der Waals surface area contributed by atoms with Gasteiger partial charge in [-0.15, -0.1) is 0 Å². The maximum absolute atomic E-state index is 12.9. The molecule has 1 fully saturated rings. The molecule has 4 aromatic rings. The lowest BCUT2D eigenvalue weighted by molar-refractivity contribution is -0.141. The Hall–Kier alpha value is -4.26. The summed E-state index contributed by atoms with van der Waals surface area (Å²) in [5.41, 5.74) is 4.33. The first kappa shape index (κ1) is 25.4. The molecular weight excluding hydrogens is 508 g/mol. The molecule has 0 unspecified atom stereocenters. The molecule has 1 aliphatic rings. The number of rotatable bonds is 8. The van der Waals surface area contributed by atoms with Crippen molar-refractivity contribution in [3.8, 4) is 17.1 Å². The molecule has 198 valence electrons. The average molecular weight is 537 g/mol. The summed E-state index contributed by atoms with van der Waals surface area (Å²) in [6.45, 7) is 6.77. The van der Waals surface area contributed by atoms with Gasteiger partial charge in [-0.25, -0.2) is 18.1 Å². The van der Waals surface area contributed by atoms with Gasteiger partial charge in [0.25, 0.3) is 10.0 Å². The minimum Gasteiger partial charge on any atom is -0.470 e. The Bertz CT molecular complexity index is 1580. The van der Waals surface area contributed by atoms with Gasteiger partial charge < -0.3 is 9.64 Å². The molecule has 0 aliphatic carbocycles. The van der Waals surface area contributed by atoms with Gasteiger partial charge in [-0.2, -0.15) is 15.2 Å². The van der Waals surface area contributed by atoms with E-state index < -0.39 is 10.0 Å². The molecule has 4 heterocycles. The average Bonchev–Trinajstić information content (AvgIpc) is 3.43. The number of hydrogen-bond acceptors (Lipinski definition) is 8. The topological polar surface area (TPSA) is 137 Å². The first-order chi connectivity index (χ1) is 18.1. The third kappa shape index (κ3) is 5.37. The second kappa shape index (κ2) is 9.89. The third-order valence-electron chi connectivity index (χ3n) is 6.20. The van der Waals surface area contributed by atoms with E-state index in [2.05, 4.69) is 24.9 Å². The van der Waals surface area contributed by atoms with Crippen molar-refractivity contribution in [3.63, 3.8) is 0 Å². The number of likely N-dealkylation sites (tertiary alicyclic amines) is 1. The number of aryl methyl sites for hydroxylation is 4. The summed E-state index contributed by atoms with van der Waals surface area (Å²) in [7, 11) is -2.34. The van der Waals surface area contributed by atoms with Crippen molar-refractivity contribution in [2.75, 3.05) is 17.8 Å². The zero-order valence-electron chi connectivity index (χ0n) is 21.5. The van der Waals surface area contributed by atoms with Crippen molar-refractivity contribution in [2.24, 2.45) is 7.05 Å². The highest BCUT2D eigenvalue weighted by atomic mass is 32.2. The van der Waals surface area contributed by atoms with Crippen LogP contribution in [0.4, 0.5) is 5.95 Å². The summed E-state index contributed by atoms with van der Waals surface area (Å²) in [5, 5.41) is 8.09. The fraction of sp³-hybridized carbons (Fsp3) is 0.320. The van der Waals surface area contributed by atoms with Crippen molar-refractivity contribution >= 4 is 21.9 Å². The largest absolute Gasteiger partial charge is 0.470 e. The maximum Gasteiger partial charge on any atom is 0.267 e. The molecule has 0 radical (unpaired) electrons. The van der Waals surface area contributed by atoms with E-state index in [-0.39, 0.29) is 35.3 Å². The molecule has 1 aromatic carbocycles. The van der Waals surface area contributed by atoms with E-state index in [0.717, 1.165) is 22.3 Å². The highest BCUT2D eigenvalue weighted by Gasteiger charge is 2.33. The molecule has 0 spiro atoms. The minimum absolute atomic E-state index is 0.0101. The second-order valence-electron chi connectivity index (χ2n) is 9.39. The fourth-order valence-electron chi connectivity index (χ4n) is 4.27. The molecule has 0 bridgehead atoms. The number of anilines is 1. The second-order valence-corrected chi connectivity index (χ2v) is 11.1. The van der Waals surface area contributed by atoms with Gasteiger partial charge in [0.1, 0.15) is 17.5 Å². The molecule has 1 saturated heterocycles. The standard InChI is InChI=1S/C25H28N8O4S/c1-16-9-27-33(11-16)15-23(34)32-12-19(13-32)37-22-8-21(24-17(2)6-5-7-18(24)3)28-25(29-22)30-38(35,36)20-10-26-31(4)14-20/h5-11,14,19H,12-13,15H2,1-4H3,(H,28,29,30). The number of benzene rings is 1. The van der Waals surface area contributed by atoms with Gasteiger partial charge >= 0.3 is 0 Å². The number of ether oxygens (including phenoxy) is 1. The van der Waals surface area contributed by atoms with Crippen LogP contribution in [0.3, 0.4) is 0 Å². The van der Waals surface area contributed by atoms with Crippen LogP contribution in [0.25, 0.3) is 11.3 Å². The number of nitrogens with one attached hydrogen (secondary N) is 1. The molecule has 0 saturated carbocycles. The van der Waals surface area contributed by atoms with Crippen LogP contribution < -0.4 is 9.46 Å². The van der Waals surface area contributed by atoms with Crippen LogP contribution in [0.15, 0.2) is 53.9 Å². The first-order valence-electron chi connectivity index (χ1n) is 12.0. The monoisotopic (exact) mass is 536 g/mol. The smallest absolute Gasteiger partial charge is 0.267 e. The highest BCUT2D eigenvalue weighted by Crippen LogP contribution is 2.30. The van der Waals surface area contributed by atoms with Crippen molar-refractivity contribution in [2.45, 2.75) is 38.3 Å². The van der Waals surface area contributed by atoms with Crippen LogP contribution in [0.5, 0.6) is 5.88 Å². The molecule has 1 amide bonds. The van der Waals surface area contributed by atoms with Gasteiger partial charge in [-0.05, 0) is 37.5 Å². The Morgan fingerprint density at radius 3 is 2.45 bits per heavy atom. The Kier molecular flexibility index (Phi) is 6.61. The number of nitrogens with zero attached hydrogens (tertiary/aromatic N) is 7. The van der Waals surface area contributed by atoms with E-state index in [1.54, 1.807) is 28.9 Å². The van der Waals surface area contributed by atoms with Gasteiger partial charge in [-0.3, -0.25) is 14.2 Å². The van der Waals surface area contributed by atoms with Crippen molar-refractivity contribution in [3.05, 3.63) is 65.7 Å². The van der Waals surface area contributed by atoms with E-state index in [0.29, 0.717) is 18.8 Å². The Morgan fingerprint density at radius 1 is 1.08 bits per heavy atom. The van der Waals surface area contributed by atoms with Crippen LogP contribution in [0, 0.1) is 20.8 Å². The summed E-state index contributed by atoms with van der Waals surface area (Å²) in [5.74, 6) is 0.0310. The quantitative estimate of drug-likeness (QED) is 0.361. The Labute approximate surface area is 220 Å². The molecular formula is C25H28N8O4S. The maximum atomic E-state index is 12.9. The number of hydrogen-bond donors (Lipinski definition) is 1. The molecule has 0 atom stereocenters. The van der Waals surface area contributed by atoms with Crippen LogP contribution >= 0.6 is 0 Å². The van der Waals surface area contributed by atoms with Gasteiger partial charge in [-0.1, -0.05) is 18.2 Å². The summed E-state index contributed by atoms with van der Waals surface area (Å²) in [6.07, 6.45) is 5.87. The number of carbonyl (C=O) groups excluding carboxylic acids is 1. The van der Waals surface area contributed by atoms with Gasteiger partial charge in [0.05, 0.1) is 31.2 Å². The van der Waals surface area contributed by atoms with Gasteiger partial charge in [0.2, 0.25) is 17.7 Å². The lowest BCUT2D eigenvalue weighted by atomic mass is 10.00. The number of carbonyl (C=O) groups is 1. The lowest BCUT2D eigenvalue weighted by Gasteiger charge is -2.38. The first-order valence-corrected chi connectivity index (χ1v) is 13.5. The minimum atomic E-state index is -3.97. The van der Waals surface area contributed by atoms with Crippen molar-refractivity contribution in [1.82, 2.24) is 34.4 Å². The summed E-state index contributed by atoms with van der Waals surface area (Å²) in [4.78, 5) is 23.1. The Balaban J connectivity index is 1.37. The normalized spacial score (nSPS) is 13.8. The zero-order valence-corrected chi connectivity index (χ0v) is 22.3. The van der Waals surface area contributed by atoms with Gasteiger partial charge in [0.15, 0.2) is 0 Å². The van der Waals surface area contributed by atoms with Crippen LogP contribution in [0.2, 0.25) is 0 Å². The SMILES string of the molecule is Cc1cnn(CC(=O)N2CC(Oc3cc(-c4c(C)cccc4C)nc(NS(=O)(=O)c4cnn(C)c4)n3)C2)c1. The predicted octanol–water partition coefficient (Wildman–Crippen LogP) is 2.09. The van der Waals surface area contributed by atoms with Crippen LogP contribution in [0.1, 0.15) is 16.7 Å². The van der Waals surface area contributed by atoms with E-state index >= 15 is 0 Å². The molecule has 3 aromatic heterocycles. The molecule has 12 nitrogen and oxygen atoms in total. The lowest BCUT2D eigenvalue weighted by Crippen LogP contribution is -2.57. The van der Waals surface area contributed by atoms with E-state index in [1.807, 2.05) is 45.2 Å². The fourth-order valence-corrected chi connectivity index (χ4v) is 5.20. The highest BCUT2D eigenvalue weighted by molar-refractivity contribution is 7.92. The van der Waals surface area contributed by atoms with E-state index in [1.165, 1.54) is 17.1 Å². The van der Waals surface area contributed by atoms with E-state index in [9.17, 15) is 13.2 Å². The molecule has 5 rings (SSSR count). The summed E-state index contributed by atoms with van der Waals surface area (Å²) >= 11 is 0. The number of amides is 1. The predicted molar refractivity (Wildman–Crippen MR) is 139 cm³/mol. The zero-order chi connectivity index (χ0) is 27.0. The van der Waals surface area contributed by atoms with Crippen LogP contribution in [-0.4, -0.2) is 67.9 Å². The summed E-state index contributed by atoms with van der Waals surface area (Å²) < 4.78 is 37.4. The third-order valence-corrected chi connectivity index (χ3v) is 7.49. The molecule has 1 N–H and O–H groups in total. The molecule has 1 aliphatic heterocycles. The van der Waals surface area contributed by atoms with E-state index in [4.69, 9.17) is 4.74 Å². The Morgan fingerprint density at radius 2 is 1.82 bits per heavy atom. The number of aromatic nitrogens is 6. The molecule has 38 heavy (non-hydrogen) atoms. The number of sulfonamides is 1. The molecule has 13 heteroatoms. The van der Waals surface area contributed by atoms with Gasteiger partial charge in [0, 0.05) is 31.1 Å².